The molecule has 0 spiro atoms. The van der Waals surface area contributed by atoms with E-state index >= 15 is 0 Å². The summed E-state index contributed by atoms with van der Waals surface area (Å²) >= 11 is 5.37. The summed E-state index contributed by atoms with van der Waals surface area (Å²) in [4.78, 5) is 0. The van der Waals surface area contributed by atoms with Gasteiger partial charge in [-0.05, 0) is 28.1 Å². The van der Waals surface area contributed by atoms with E-state index in [1.165, 1.54) is 0 Å². The zero-order chi connectivity index (χ0) is 11.3. The largest absolute Gasteiger partial charge is 0.322 e. The van der Waals surface area contributed by atoms with E-state index < -0.39 is 0 Å². The molecule has 0 aromatic carbocycles. The maximum absolute atomic E-state index is 6.15. The fourth-order valence-electron chi connectivity index (χ4n) is 1.45. The number of rotatable bonds is 6. The Labute approximate surface area is 104 Å². The number of thioether (sulfide) groups is 1. The highest BCUT2D eigenvalue weighted by Gasteiger charge is 2.15. The number of halogens is 1. The predicted octanol–water partition coefficient (Wildman–Crippen LogP) is 2.81. The second-order valence-electron chi connectivity index (χ2n) is 3.37. The van der Waals surface area contributed by atoms with Gasteiger partial charge < -0.3 is 5.73 Å². The molecular weight excluding hydrogens is 274 g/mol. The van der Waals surface area contributed by atoms with Crippen LogP contribution in [0.1, 0.15) is 32.0 Å². The molecule has 0 aliphatic heterocycles. The van der Waals surface area contributed by atoms with Crippen LogP contribution in [0.3, 0.4) is 0 Å². The van der Waals surface area contributed by atoms with Gasteiger partial charge in [0.25, 0.3) is 0 Å². The molecule has 0 amide bonds. The van der Waals surface area contributed by atoms with Crippen LogP contribution in [0.4, 0.5) is 0 Å². The van der Waals surface area contributed by atoms with E-state index in [1.54, 1.807) is 0 Å². The molecule has 3 nitrogen and oxygen atoms in total. The lowest BCUT2D eigenvalue weighted by molar-refractivity contribution is 0.553. The molecule has 0 bridgehead atoms. The zero-order valence-electron chi connectivity index (χ0n) is 9.24. The van der Waals surface area contributed by atoms with Gasteiger partial charge in [0, 0.05) is 12.3 Å². The Hall–Kier alpha value is -0.0000000000000000555. The smallest absolute Gasteiger partial charge is 0.0701 e. The third kappa shape index (κ3) is 3.50. The maximum Gasteiger partial charge on any atom is 0.0701 e. The van der Waals surface area contributed by atoms with Crippen molar-refractivity contribution in [2.24, 2.45) is 5.73 Å². The quantitative estimate of drug-likeness (QED) is 0.877. The molecule has 1 heterocycles. The Morgan fingerprint density at radius 2 is 2.33 bits per heavy atom. The fraction of sp³-hybridized carbons (Fsp3) is 0.700. The van der Waals surface area contributed by atoms with E-state index in [-0.39, 0.29) is 6.04 Å². The minimum absolute atomic E-state index is 0.0679. The van der Waals surface area contributed by atoms with Crippen molar-refractivity contribution in [3.05, 3.63) is 16.4 Å². The summed E-state index contributed by atoms with van der Waals surface area (Å²) in [5, 5.41) is 4.32. The highest BCUT2D eigenvalue weighted by Crippen LogP contribution is 2.24. The molecule has 2 N–H and O–H groups in total. The molecule has 1 atom stereocenters. The molecule has 1 aromatic rings. The summed E-state index contributed by atoms with van der Waals surface area (Å²) in [7, 11) is 0. The van der Waals surface area contributed by atoms with E-state index in [0.29, 0.717) is 0 Å². The summed E-state index contributed by atoms with van der Waals surface area (Å²) in [6, 6.07) is 0.0679. The number of nitrogens with zero attached hydrogens (tertiary/aromatic N) is 2. The lowest BCUT2D eigenvalue weighted by atomic mass is 10.2. The van der Waals surface area contributed by atoms with Crippen molar-refractivity contribution >= 4 is 27.7 Å². The van der Waals surface area contributed by atoms with Gasteiger partial charge in [-0.3, -0.25) is 4.68 Å². The van der Waals surface area contributed by atoms with E-state index in [0.717, 1.165) is 34.6 Å². The molecule has 15 heavy (non-hydrogen) atoms. The van der Waals surface area contributed by atoms with Crippen molar-refractivity contribution in [1.82, 2.24) is 9.78 Å². The van der Waals surface area contributed by atoms with Crippen molar-refractivity contribution in [1.29, 1.82) is 0 Å². The van der Waals surface area contributed by atoms with Crippen molar-refractivity contribution in [3.8, 4) is 0 Å². The first-order valence-electron chi connectivity index (χ1n) is 5.25. The lowest BCUT2D eigenvalue weighted by Gasteiger charge is -2.14. The summed E-state index contributed by atoms with van der Waals surface area (Å²) in [5.74, 6) is 2.05. The van der Waals surface area contributed by atoms with Gasteiger partial charge in [0.15, 0.2) is 0 Å². The minimum Gasteiger partial charge on any atom is -0.322 e. The normalized spacial score (nSPS) is 13.1. The first kappa shape index (κ1) is 13.1. The van der Waals surface area contributed by atoms with Crippen LogP contribution in [0.15, 0.2) is 10.7 Å². The molecular formula is C10H18BrN3S. The van der Waals surface area contributed by atoms with Gasteiger partial charge >= 0.3 is 0 Å². The Balaban J connectivity index is 2.75. The zero-order valence-corrected chi connectivity index (χ0v) is 11.6. The van der Waals surface area contributed by atoms with Crippen LogP contribution in [-0.2, 0) is 6.54 Å². The van der Waals surface area contributed by atoms with Crippen molar-refractivity contribution in [2.45, 2.75) is 32.9 Å². The summed E-state index contributed by atoms with van der Waals surface area (Å²) < 4.78 is 3.03. The van der Waals surface area contributed by atoms with E-state index in [1.807, 2.05) is 22.6 Å². The Morgan fingerprint density at radius 1 is 1.60 bits per heavy atom. The van der Waals surface area contributed by atoms with Crippen molar-refractivity contribution in [3.63, 3.8) is 0 Å². The third-order valence-electron chi connectivity index (χ3n) is 2.12. The van der Waals surface area contributed by atoms with Gasteiger partial charge in [0.1, 0.15) is 0 Å². The van der Waals surface area contributed by atoms with Crippen LogP contribution >= 0.6 is 27.7 Å². The highest BCUT2D eigenvalue weighted by molar-refractivity contribution is 9.10. The van der Waals surface area contributed by atoms with Crippen LogP contribution < -0.4 is 5.73 Å². The van der Waals surface area contributed by atoms with Crippen molar-refractivity contribution in [2.75, 3.05) is 11.5 Å². The maximum atomic E-state index is 6.15. The molecule has 1 aromatic heterocycles. The molecule has 1 rings (SSSR count). The number of hydrogen-bond acceptors (Lipinski definition) is 3. The SMILES string of the molecule is CCCn1ncc(Br)c1C(N)CSCC. The van der Waals surface area contributed by atoms with Crippen LogP contribution in [-0.4, -0.2) is 21.3 Å². The Morgan fingerprint density at radius 3 is 2.93 bits per heavy atom. The number of aromatic nitrogens is 2. The number of hydrogen-bond donors (Lipinski definition) is 1. The van der Waals surface area contributed by atoms with Gasteiger partial charge in [-0.15, -0.1) is 0 Å². The van der Waals surface area contributed by atoms with Gasteiger partial charge in [-0.25, -0.2) is 0 Å². The van der Waals surface area contributed by atoms with Crippen LogP contribution in [0.5, 0.6) is 0 Å². The highest BCUT2D eigenvalue weighted by atomic mass is 79.9. The molecule has 0 radical (unpaired) electrons. The summed E-state index contributed by atoms with van der Waals surface area (Å²) in [6.07, 6.45) is 2.91. The van der Waals surface area contributed by atoms with Crippen molar-refractivity contribution < 1.29 is 0 Å². The molecule has 0 fully saturated rings. The topological polar surface area (TPSA) is 43.8 Å². The Bertz CT molecular complexity index is 301. The van der Waals surface area contributed by atoms with E-state index in [4.69, 9.17) is 5.73 Å². The van der Waals surface area contributed by atoms with E-state index in [9.17, 15) is 0 Å². The van der Waals surface area contributed by atoms with Crippen LogP contribution in [0, 0.1) is 0 Å². The standard InChI is InChI=1S/C10H18BrN3S/c1-3-5-14-10(8(11)6-13-14)9(12)7-15-4-2/h6,9H,3-5,7,12H2,1-2H3. The molecule has 0 saturated heterocycles. The molecule has 0 saturated carbocycles. The predicted molar refractivity (Wildman–Crippen MR) is 70.1 cm³/mol. The van der Waals surface area contributed by atoms with Gasteiger partial charge in [-0.2, -0.15) is 16.9 Å². The first-order valence-corrected chi connectivity index (χ1v) is 7.20. The second-order valence-corrected chi connectivity index (χ2v) is 5.54. The van der Waals surface area contributed by atoms with Crippen LogP contribution in [0.25, 0.3) is 0 Å². The number of aryl methyl sites for hydroxylation is 1. The average molecular weight is 292 g/mol. The summed E-state index contributed by atoms with van der Waals surface area (Å²) in [6.45, 7) is 5.23. The molecule has 1 unspecified atom stereocenters. The third-order valence-corrected chi connectivity index (χ3v) is 3.74. The summed E-state index contributed by atoms with van der Waals surface area (Å²) in [5.41, 5.74) is 7.27. The second kappa shape index (κ2) is 6.55. The van der Waals surface area contributed by atoms with Gasteiger partial charge in [0.05, 0.1) is 22.4 Å². The molecule has 86 valence electrons. The minimum atomic E-state index is 0.0679. The fourth-order valence-corrected chi connectivity index (χ4v) is 2.69. The molecule has 5 heteroatoms. The number of nitrogens with two attached hydrogens (primary N) is 1. The Kier molecular flexibility index (Phi) is 5.71. The average Bonchev–Trinajstić information content (AvgIpc) is 2.57. The molecule has 0 aliphatic rings. The lowest BCUT2D eigenvalue weighted by Crippen LogP contribution is -2.19. The monoisotopic (exact) mass is 291 g/mol. The van der Waals surface area contributed by atoms with E-state index in [2.05, 4.69) is 34.9 Å². The molecule has 0 aliphatic carbocycles. The van der Waals surface area contributed by atoms with Gasteiger partial charge in [-0.1, -0.05) is 13.8 Å². The van der Waals surface area contributed by atoms with Gasteiger partial charge in [0.2, 0.25) is 0 Å². The van der Waals surface area contributed by atoms with Crippen LogP contribution in [0.2, 0.25) is 0 Å². The first-order chi connectivity index (χ1) is 7.20.